The van der Waals surface area contributed by atoms with Gasteiger partial charge in [-0.15, -0.1) is 5.10 Å². The van der Waals surface area contributed by atoms with Crippen molar-refractivity contribution in [1.82, 2.24) is 19.1 Å². The van der Waals surface area contributed by atoms with Crippen LogP contribution in [0.2, 0.25) is 0 Å². The summed E-state index contributed by atoms with van der Waals surface area (Å²) in [6.45, 7) is 0.276. The number of anilines is 1. The summed E-state index contributed by atoms with van der Waals surface area (Å²) in [4.78, 5) is 15.8. The first-order chi connectivity index (χ1) is 16.3. The summed E-state index contributed by atoms with van der Waals surface area (Å²) in [5.74, 6) is -4.88. The van der Waals surface area contributed by atoms with E-state index in [0.29, 0.717) is 6.07 Å². The fraction of sp³-hybridized carbons (Fsp3) is 0.500. The van der Waals surface area contributed by atoms with E-state index in [4.69, 9.17) is 5.73 Å². The van der Waals surface area contributed by atoms with Crippen LogP contribution in [0.1, 0.15) is 18.3 Å². The van der Waals surface area contributed by atoms with Crippen LogP contribution >= 0.6 is 0 Å². The molecule has 3 rings (SSSR count). The van der Waals surface area contributed by atoms with Gasteiger partial charge in [0.05, 0.1) is 5.56 Å². The summed E-state index contributed by atoms with van der Waals surface area (Å²) in [6, 6.07) is 0.991. The Bertz CT molecular complexity index is 1280. The zero-order valence-corrected chi connectivity index (χ0v) is 19.3. The Kier molecular flexibility index (Phi) is 6.78. The quantitative estimate of drug-likeness (QED) is 0.535. The first-order valence-electron chi connectivity index (χ1n) is 9.96. The number of hydrogen-bond acceptors (Lipinski definition) is 7. The smallest absolute Gasteiger partial charge is 0.368 e. The predicted molar refractivity (Wildman–Crippen MR) is 107 cm³/mol. The minimum Gasteiger partial charge on any atom is -0.368 e. The van der Waals surface area contributed by atoms with Crippen molar-refractivity contribution in [3.05, 3.63) is 35.4 Å². The maximum absolute atomic E-state index is 13.4. The maximum atomic E-state index is 13.4. The molecular weight excluding hydrogens is 529 g/mol. The van der Waals surface area contributed by atoms with Crippen LogP contribution in [-0.2, 0) is 33.6 Å². The minimum absolute atomic E-state index is 0.236. The van der Waals surface area contributed by atoms with Crippen molar-refractivity contribution in [2.45, 2.75) is 36.1 Å². The second kappa shape index (κ2) is 8.84. The Labute approximate surface area is 199 Å². The van der Waals surface area contributed by atoms with Gasteiger partial charge in [-0.3, -0.25) is 4.79 Å². The van der Waals surface area contributed by atoms with Gasteiger partial charge in [-0.1, -0.05) is 0 Å². The molecule has 200 valence electrons. The lowest BCUT2D eigenvalue weighted by molar-refractivity contribution is -0.258. The van der Waals surface area contributed by atoms with Gasteiger partial charge in [-0.25, -0.2) is 17.5 Å². The normalized spacial score (nSPS) is 19.8. The van der Waals surface area contributed by atoms with E-state index in [9.17, 15) is 49.1 Å². The van der Waals surface area contributed by atoms with Crippen LogP contribution in [0.4, 0.5) is 36.4 Å². The molecule has 0 aliphatic carbocycles. The molecule has 0 saturated carbocycles. The fourth-order valence-corrected chi connectivity index (χ4v) is 5.29. The summed E-state index contributed by atoms with van der Waals surface area (Å²) >= 11 is 0. The number of aryl methyl sites for hydroxylation is 1. The average molecular weight is 548 g/mol. The number of hydrogen-bond donors (Lipinski definition) is 2. The highest BCUT2D eigenvalue weighted by Crippen LogP contribution is 2.39. The number of benzene rings is 1. The van der Waals surface area contributed by atoms with Gasteiger partial charge in [0.1, 0.15) is 5.82 Å². The van der Waals surface area contributed by atoms with Crippen LogP contribution < -0.4 is 10.6 Å². The van der Waals surface area contributed by atoms with Crippen molar-refractivity contribution in [1.29, 1.82) is 0 Å². The molecule has 1 aliphatic rings. The van der Waals surface area contributed by atoms with Gasteiger partial charge < -0.3 is 15.7 Å². The lowest BCUT2D eigenvalue weighted by atomic mass is 10.0. The number of aliphatic hydroxyl groups is 1. The molecule has 3 N–H and O–H groups in total. The molecule has 1 saturated heterocycles. The van der Waals surface area contributed by atoms with Gasteiger partial charge in [0.2, 0.25) is 0 Å². The highest BCUT2D eigenvalue weighted by Gasteiger charge is 2.63. The van der Waals surface area contributed by atoms with Gasteiger partial charge >= 0.3 is 12.4 Å². The van der Waals surface area contributed by atoms with Gasteiger partial charge in [0.15, 0.2) is 5.82 Å². The summed E-state index contributed by atoms with van der Waals surface area (Å²) in [7, 11) is -3.94. The number of amides is 1. The van der Waals surface area contributed by atoms with E-state index in [1.54, 1.807) is 0 Å². The molecule has 2 atom stereocenters. The van der Waals surface area contributed by atoms with Crippen molar-refractivity contribution < 1.29 is 49.1 Å². The monoisotopic (exact) mass is 548 g/mol. The highest BCUT2D eigenvalue weighted by molar-refractivity contribution is 7.89. The SMILES string of the molecule is C[C@@H]1CN(c2ccc(F)cc2C(F)(F)F)CCN1S(=O)(=O)c1nc(C(O)(C(N)=O)C(F)(F)F)n(C)n1. The molecule has 1 aromatic carbocycles. The van der Waals surface area contributed by atoms with E-state index < -0.39 is 68.8 Å². The number of nitrogens with zero attached hydrogens (tertiary/aromatic N) is 5. The molecule has 0 radical (unpaired) electrons. The highest BCUT2D eigenvalue weighted by atomic mass is 32.2. The molecule has 0 bridgehead atoms. The zero-order valence-electron chi connectivity index (χ0n) is 18.5. The number of primary amides is 1. The van der Waals surface area contributed by atoms with E-state index in [2.05, 4.69) is 10.1 Å². The number of carbonyl (C=O) groups excluding carboxylic acids is 1. The van der Waals surface area contributed by atoms with Crippen molar-refractivity contribution in [3.63, 3.8) is 0 Å². The van der Waals surface area contributed by atoms with Crippen LogP contribution in [-0.4, -0.2) is 70.4 Å². The average Bonchev–Trinajstić information content (AvgIpc) is 3.14. The minimum atomic E-state index is -5.66. The van der Waals surface area contributed by atoms with Crippen LogP contribution in [0.15, 0.2) is 23.4 Å². The molecule has 1 unspecified atom stereocenters. The number of aromatic nitrogens is 3. The number of sulfonamides is 1. The van der Waals surface area contributed by atoms with Crippen molar-refractivity contribution in [2.75, 3.05) is 24.5 Å². The Morgan fingerprint density at radius 1 is 1.17 bits per heavy atom. The Morgan fingerprint density at radius 3 is 2.28 bits per heavy atom. The van der Waals surface area contributed by atoms with Crippen LogP contribution in [0.25, 0.3) is 0 Å². The van der Waals surface area contributed by atoms with Crippen molar-refractivity contribution >= 4 is 21.6 Å². The number of rotatable bonds is 5. The Hall–Kier alpha value is -2.99. The van der Waals surface area contributed by atoms with Gasteiger partial charge in [-0.05, 0) is 25.1 Å². The maximum Gasteiger partial charge on any atom is 0.433 e. The first kappa shape index (κ1) is 27.6. The number of nitrogens with two attached hydrogens (primary N) is 1. The third-order valence-electron chi connectivity index (χ3n) is 5.54. The zero-order chi connectivity index (χ0) is 27.4. The second-order valence-electron chi connectivity index (χ2n) is 7.98. The molecule has 10 nitrogen and oxygen atoms in total. The molecule has 2 heterocycles. The lowest BCUT2D eigenvalue weighted by Crippen LogP contribution is -2.54. The van der Waals surface area contributed by atoms with Gasteiger partial charge in [0, 0.05) is 38.4 Å². The van der Waals surface area contributed by atoms with Crippen molar-refractivity contribution in [2.24, 2.45) is 12.8 Å². The topological polar surface area (TPSA) is 135 Å². The van der Waals surface area contributed by atoms with Crippen LogP contribution in [0, 0.1) is 5.82 Å². The van der Waals surface area contributed by atoms with Gasteiger partial charge in [0.25, 0.3) is 26.7 Å². The third-order valence-corrected chi connectivity index (χ3v) is 7.34. The molecule has 1 fully saturated rings. The molecule has 1 aliphatic heterocycles. The number of halogens is 7. The standard InChI is InChI=1S/C18H19F7N6O4S/c1-9-8-30(12-4-3-10(19)7-11(12)17(20,21)22)5-6-31(9)36(34,35)15-27-14(29(2)28-15)16(33,13(26)32)18(23,24)25/h3-4,7,9,33H,5-6,8H2,1-2H3,(H2,26,32)/t9-,16?/m1/s1. The Morgan fingerprint density at radius 2 is 1.78 bits per heavy atom. The van der Waals surface area contributed by atoms with E-state index >= 15 is 0 Å². The number of carbonyl (C=O) groups is 1. The van der Waals surface area contributed by atoms with E-state index in [-0.39, 0.29) is 23.5 Å². The first-order valence-corrected chi connectivity index (χ1v) is 11.4. The third kappa shape index (κ3) is 4.59. The fourth-order valence-electron chi connectivity index (χ4n) is 3.79. The molecule has 0 spiro atoms. The molecule has 2 aromatic rings. The summed E-state index contributed by atoms with van der Waals surface area (Å²) < 4.78 is 121. The number of alkyl halides is 6. The predicted octanol–water partition coefficient (Wildman–Crippen LogP) is 1.11. The molecule has 1 aromatic heterocycles. The molecule has 36 heavy (non-hydrogen) atoms. The largest absolute Gasteiger partial charge is 0.433 e. The summed E-state index contributed by atoms with van der Waals surface area (Å²) in [5.41, 5.74) is -1.29. The van der Waals surface area contributed by atoms with Gasteiger partial charge in [-0.2, -0.15) is 35.6 Å². The van der Waals surface area contributed by atoms with E-state index in [1.807, 2.05) is 0 Å². The summed E-state index contributed by atoms with van der Waals surface area (Å²) in [5, 5.41) is 12.1. The summed E-state index contributed by atoms with van der Waals surface area (Å²) in [6.07, 6.45) is -10.6. The van der Waals surface area contributed by atoms with E-state index in [1.165, 1.54) is 11.8 Å². The van der Waals surface area contributed by atoms with Crippen molar-refractivity contribution in [3.8, 4) is 0 Å². The van der Waals surface area contributed by atoms with E-state index in [0.717, 1.165) is 23.5 Å². The van der Waals surface area contributed by atoms with Crippen LogP contribution in [0.3, 0.4) is 0 Å². The number of piperazine rings is 1. The van der Waals surface area contributed by atoms with Crippen LogP contribution in [0.5, 0.6) is 0 Å². The lowest BCUT2D eigenvalue weighted by Gasteiger charge is -2.40. The molecular formula is C18H19F7N6O4S. The second-order valence-corrected chi connectivity index (χ2v) is 9.77. The molecule has 18 heteroatoms. The molecule has 1 amide bonds. The Balaban J connectivity index is 1.93.